The Morgan fingerprint density at radius 1 is 1.56 bits per heavy atom. The fourth-order valence-corrected chi connectivity index (χ4v) is 1.43. The predicted octanol–water partition coefficient (Wildman–Crippen LogP) is 1.20. The van der Waals surface area contributed by atoms with Crippen LogP contribution in [0.2, 0.25) is 0 Å². The number of aromatic nitrogens is 1. The number of carbonyl (C=O) groups excluding carboxylic acids is 1. The average molecular weight is 221 g/mol. The van der Waals surface area contributed by atoms with Crippen molar-refractivity contribution in [3.8, 4) is 0 Å². The first-order valence-corrected chi connectivity index (χ1v) is 5.46. The van der Waals surface area contributed by atoms with Gasteiger partial charge in [0.1, 0.15) is 0 Å². The van der Waals surface area contributed by atoms with Gasteiger partial charge in [0.2, 0.25) is 0 Å². The van der Waals surface area contributed by atoms with Crippen molar-refractivity contribution in [1.82, 2.24) is 9.88 Å². The maximum atomic E-state index is 12.0. The molecule has 1 atom stereocenters. The van der Waals surface area contributed by atoms with Gasteiger partial charge in [0, 0.05) is 25.0 Å². The van der Waals surface area contributed by atoms with E-state index in [9.17, 15) is 4.79 Å². The van der Waals surface area contributed by atoms with Crippen LogP contribution in [0, 0.1) is 6.92 Å². The first-order chi connectivity index (χ1) is 7.56. The van der Waals surface area contributed by atoms with Gasteiger partial charge in [-0.05, 0) is 38.9 Å². The minimum absolute atomic E-state index is 0.00606. The van der Waals surface area contributed by atoms with E-state index in [1.54, 1.807) is 24.2 Å². The van der Waals surface area contributed by atoms with Gasteiger partial charge in [-0.3, -0.25) is 9.78 Å². The van der Waals surface area contributed by atoms with Gasteiger partial charge in [0.15, 0.2) is 0 Å². The predicted molar refractivity (Wildman–Crippen MR) is 64.2 cm³/mol. The van der Waals surface area contributed by atoms with Gasteiger partial charge in [-0.15, -0.1) is 0 Å². The van der Waals surface area contributed by atoms with Crippen molar-refractivity contribution in [1.29, 1.82) is 0 Å². The third kappa shape index (κ3) is 3.03. The lowest BCUT2D eigenvalue weighted by Crippen LogP contribution is -2.36. The Hall–Kier alpha value is -1.42. The van der Waals surface area contributed by atoms with E-state index in [0.29, 0.717) is 12.1 Å². The SMILES string of the molecule is Cc1ccc(C(=O)N(C)C(C)CCN)cn1. The van der Waals surface area contributed by atoms with Crippen LogP contribution in [0.5, 0.6) is 0 Å². The second-order valence-electron chi connectivity index (χ2n) is 4.03. The quantitative estimate of drug-likeness (QED) is 0.831. The zero-order chi connectivity index (χ0) is 12.1. The van der Waals surface area contributed by atoms with Crippen LogP contribution in [0.3, 0.4) is 0 Å². The minimum atomic E-state index is -0.00606. The number of rotatable bonds is 4. The number of nitrogens with zero attached hydrogens (tertiary/aromatic N) is 2. The number of amides is 1. The highest BCUT2D eigenvalue weighted by Crippen LogP contribution is 2.08. The first-order valence-electron chi connectivity index (χ1n) is 5.46. The summed E-state index contributed by atoms with van der Waals surface area (Å²) in [4.78, 5) is 17.8. The topological polar surface area (TPSA) is 59.2 Å². The Morgan fingerprint density at radius 2 is 2.25 bits per heavy atom. The monoisotopic (exact) mass is 221 g/mol. The van der Waals surface area contributed by atoms with Crippen molar-refractivity contribution in [2.45, 2.75) is 26.3 Å². The lowest BCUT2D eigenvalue weighted by Gasteiger charge is -2.24. The molecule has 88 valence electrons. The Labute approximate surface area is 96.5 Å². The largest absolute Gasteiger partial charge is 0.339 e. The second-order valence-corrected chi connectivity index (χ2v) is 4.03. The molecule has 0 aliphatic carbocycles. The van der Waals surface area contributed by atoms with E-state index in [1.165, 1.54) is 0 Å². The lowest BCUT2D eigenvalue weighted by atomic mass is 10.1. The average Bonchev–Trinajstić information content (AvgIpc) is 2.28. The summed E-state index contributed by atoms with van der Waals surface area (Å²) >= 11 is 0. The third-order valence-electron chi connectivity index (χ3n) is 2.72. The summed E-state index contributed by atoms with van der Waals surface area (Å²) in [6, 6.07) is 3.80. The van der Waals surface area contributed by atoms with Gasteiger partial charge < -0.3 is 10.6 Å². The molecule has 0 spiro atoms. The highest BCUT2D eigenvalue weighted by atomic mass is 16.2. The van der Waals surface area contributed by atoms with Crippen molar-refractivity contribution < 1.29 is 4.79 Å². The third-order valence-corrected chi connectivity index (χ3v) is 2.72. The van der Waals surface area contributed by atoms with E-state index >= 15 is 0 Å². The van der Waals surface area contributed by atoms with Crippen molar-refractivity contribution >= 4 is 5.91 Å². The molecule has 1 amide bonds. The lowest BCUT2D eigenvalue weighted by molar-refractivity contribution is 0.0738. The summed E-state index contributed by atoms with van der Waals surface area (Å²) in [6.45, 7) is 4.48. The molecule has 2 N–H and O–H groups in total. The Bertz CT molecular complexity index is 348. The normalized spacial score (nSPS) is 12.2. The zero-order valence-electron chi connectivity index (χ0n) is 10.1. The number of aryl methyl sites for hydroxylation is 1. The van der Waals surface area contributed by atoms with Crippen molar-refractivity contribution in [3.63, 3.8) is 0 Å². The maximum Gasteiger partial charge on any atom is 0.255 e. The molecule has 4 heteroatoms. The van der Waals surface area contributed by atoms with Gasteiger partial charge in [-0.25, -0.2) is 0 Å². The fourth-order valence-electron chi connectivity index (χ4n) is 1.43. The summed E-state index contributed by atoms with van der Waals surface area (Å²) in [5, 5.41) is 0. The molecule has 0 aliphatic rings. The molecule has 0 aromatic carbocycles. The summed E-state index contributed by atoms with van der Waals surface area (Å²) in [6.07, 6.45) is 2.42. The van der Waals surface area contributed by atoms with Gasteiger partial charge in [-0.1, -0.05) is 0 Å². The molecule has 0 saturated heterocycles. The number of nitrogens with two attached hydrogens (primary N) is 1. The second kappa shape index (κ2) is 5.61. The number of hydrogen-bond acceptors (Lipinski definition) is 3. The van der Waals surface area contributed by atoms with Gasteiger partial charge in [-0.2, -0.15) is 0 Å². The van der Waals surface area contributed by atoms with E-state index in [0.717, 1.165) is 12.1 Å². The standard InChI is InChI=1S/C12H19N3O/c1-9-4-5-11(8-14-9)12(16)15(3)10(2)6-7-13/h4-5,8,10H,6-7,13H2,1-3H3. The van der Waals surface area contributed by atoms with Crippen LogP contribution in [0.1, 0.15) is 29.4 Å². The molecule has 1 aromatic heterocycles. The summed E-state index contributed by atoms with van der Waals surface area (Å²) in [5.41, 5.74) is 7.01. The highest BCUT2D eigenvalue weighted by Gasteiger charge is 2.16. The van der Waals surface area contributed by atoms with Gasteiger partial charge >= 0.3 is 0 Å². The number of hydrogen-bond donors (Lipinski definition) is 1. The molecule has 0 radical (unpaired) electrons. The van der Waals surface area contributed by atoms with Crippen molar-refractivity contribution in [3.05, 3.63) is 29.6 Å². The van der Waals surface area contributed by atoms with E-state index in [1.807, 2.05) is 19.9 Å². The Kier molecular flexibility index (Phi) is 4.43. The van der Waals surface area contributed by atoms with Crippen molar-refractivity contribution in [2.24, 2.45) is 5.73 Å². The maximum absolute atomic E-state index is 12.0. The summed E-state index contributed by atoms with van der Waals surface area (Å²) < 4.78 is 0. The Balaban J connectivity index is 2.73. The van der Waals surface area contributed by atoms with Crippen molar-refractivity contribution in [2.75, 3.05) is 13.6 Å². The molecule has 1 rings (SSSR count). The molecule has 1 unspecified atom stereocenters. The number of pyridine rings is 1. The van der Waals surface area contributed by atoms with E-state index in [4.69, 9.17) is 5.73 Å². The molecule has 1 aromatic rings. The molecular formula is C12H19N3O. The molecule has 0 fully saturated rings. The first kappa shape index (κ1) is 12.6. The van der Waals surface area contributed by atoms with E-state index in [2.05, 4.69) is 4.98 Å². The molecular weight excluding hydrogens is 202 g/mol. The van der Waals surface area contributed by atoms with Crippen LogP contribution >= 0.6 is 0 Å². The van der Waals surface area contributed by atoms with Gasteiger partial charge in [0.05, 0.1) is 5.56 Å². The molecule has 16 heavy (non-hydrogen) atoms. The molecule has 0 saturated carbocycles. The van der Waals surface area contributed by atoms with Gasteiger partial charge in [0.25, 0.3) is 5.91 Å². The Morgan fingerprint density at radius 3 is 2.75 bits per heavy atom. The number of carbonyl (C=O) groups is 1. The molecule has 0 bridgehead atoms. The van der Waals surface area contributed by atoms with Crippen LogP contribution in [-0.4, -0.2) is 35.4 Å². The fraction of sp³-hybridized carbons (Fsp3) is 0.500. The minimum Gasteiger partial charge on any atom is -0.339 e. The summed E-state index contributed by atoms with van der Waals surface area (Å²) in [7, 11) is 1.79. The van der Waals surface area contributed by atoms with Crippen LogP contribution in [-0.2, 0) is 0 Å². The highest BCUT2D eigenvalue weighted by molar-refractivity contribution is 5.93. The van der Waals surface area contributed by atoms with E-state index < -0.39 is 0 Å². The zero-order valence-corrected chi connectivity index (χ0v) is 10.1. The molecule has 0 aliphatic heterocycles. The van der Waals surface area contributed by atoms with Crippen LogP contribution in [0.25, 0.3) is 0 Å². The van der Waals surface area contributed by atoms with Crippen LogP contribution < -0.4 is 5.73 Å². The van der Waals surface area contributed by atoms with Crippen LogP contribution in [0.4, 0.5) is 0 Å². The van der Waals surface area contributed by atoms with Crippen LogP contribution in [0.15, 0.2) is 18.3 Å². The smallest absolute Gasteiger partial charge is 0.255 e. The van der Waals surface area contributed by atoms with E-state index in [-0.39, 0.29) is 11.9 Å². The summed E-state index contributed by atoms with van der Waals surface area (Å²) in [5.74, 6) is -0.00606. The molecule has 1 heterocycles. The molecule has 4 nitrogen and oxygen atoms in total.